The van der Waals surface area contributed by atoms with Gasteiger partial charge >= 0.3 is 0 Å². The maximum absolute atomic E-state index is 5.99. The summed E-state index contributed by atoms with van der Waals surface area (Å²) < 4.78 is 9.21. The lowest BCUT2D eigenvalue weighted by atomic mass is 10.1. The number of nitrogens with zero attached hydrogens (tertiary/aromatic N) is 3. The number of aromatic nitrogens is 3. The summed E-state index contributed by atoms with van der Waals surface area (Å²) in [6.07, 6.45) is 5.23. The molecule has 1 unspecified atom stereocenters. The predicted octanol–water partition coefficient (Wildman–Crippen LogP) is 6.14. The zero-order valence-electron chi connectivity index (χ0n) is 18.7. The average molecular weight is 428 g/mol. The number of pyridine rings is 1. The molecule has 3 aromatic heterocycles. The van der Waals surface area contributed by atoms with Crippen molar-refractivity contribution in [3.63, 3.8) is 0 Å². The summed E-state index contributed by atoms with van der Waals surface area (Å²) in [5, 5.41) is 11.7. The second-order valence-electron chi connectivity index (χ2n) is 9.51. The van der Waals surface area contributed by atoms with Crippen LogP contribution in [0.25, 0.3) is 20.8 Å². The first-order chi connectivity index (χ1) is 14.3. The molecule has 1 saturated heterocycles. The van der Waals surface area contributed by atoms with Crippen LogP contribution in [0.4, 0.5) is 11.5 Å². The van der Waals surface area contributed by atoms with Crippen LogP contribution >= 0.6 is 11.3 Å². The molecule has 1 aliphatic rings. The first kappa shape index (κ1) is 21.1. The molecule has 4 heterocycles. The van der Waals surface area contributed by atoms with E-state index in [-0.39, 0.29) is 11.8 Å². The standard InChI is InChI=1S/C23H33N5OS/c1-15(2)14-24-16-13-20(27-23(3,4)5)26-17-12-19(30-22(16)17)18-9-10-25-28(18)21-8-6-7-11-29-21/h9-10,12-13,15,21H,6-8,11,14H2,1-5H3,(H2,24,26,27). The van der Waals surface area contributed by atoms with Crippen LogP contribution in [0.15, 0.2) is 24.4 Å². The SMILES string of the molecule is CC(C)CNc1cc(NC(C)(C)C)nc2cc(-c3ccnn3C3CCCCO3)sc12. The van der Waals surface area contributed by atoms with E-state index >= 15 is 0 Å². The highest BCUT2D eigenvalue weighted by molar-refractivity contribution is 7.22. The van der Waals surface area contributed by atoms with Crippen molar-refractivity contribution >= 4 is 33.1 Å². The first-order valence-electron chi connectivity index (χ1n) is 10.9. The molecule has 3 aromatic rings. The third kappa shape index (κ3) is 4.78. The van der Waals surface area contributed by atoms with Crippen LogP contribution in [0.5, 0.6) is 0 Å². The number of fused-ring (bicyclic) bond motifs is 1. The Morgan fingerprint density at radius 2 is 2.10 bits per heavy atom. The fourth-order valence-corrected chi connectivity index (χ4v) is 4.80. The topological polar surface area (TPSA) is 64.0 Å². The third-order valence-electron chi connectivity index (χ3n) is 5.03. The summed E-state index contributed by atoms with van der Waals surface area (Å²) in [7, 11) is 0. The second-order valence-corrected chi connectivity index (χ2v) is 10.6. The van der Waals surface area contributed by atoms with Gasteiger partial charge in [-0.1, -0.05) is 13.8 Å². The number of rotatable bonds is 6. The monoisotopic (exact) mass is 427 g/mol. The van der Waals surface area contributed by atoms with Crippen LogP contribution < -0.4 is 10.6 Å². The van der Waals surface area contributed by atoms with E-state index in [4.69, 9.17) is 9.72 Å². The minimum Gasteiger partial charge on any atom is -0.383 e. The Morgan fingerprint density at radius 1 is 1.27 bits per heavy atom. The Hall–Kier alpha value is -2.12. The van der Waals surface area contributed by atoms with Crippen molar-refractivity contribution in [2.45, 2.75) is 65.6 Å². The molecule has 0 saturated carbocycles. The maximum atomic E-state index is 5.99. The maximum Gasteiger partial charge on any atom is 0.150 e. The van der Waals surface area contributed by atoms with Crippen LogP contribution in [0.2, 0.25) is 0 Å². The van der Waals surface area contributed by atoms with Gasteiger partial charge in [0.2, 0.25) is 0 Å². The molecule has 2 N–H and O–H groups in total. The van der Waals surface area contributed by atoms with Gasteiger partial charge in [-0.05, 0) is 58.1 Å². The highest BCUT2D eigenvalue weighted by Crippen LogP contribution is 2.39. The summed E-state index contributed by atoms with van der Waals surface area (Å²) in [6.45, 7) is 12.6. The van der Waals surface area contributed by atoms with Crippen molar-refractivity contribution in [3.05, 3.63) is 24.4 Å². The van der Waals surface area contributed by atoms with Crippen LogP contribution in [0, 0.1) is 5.92 Å². The van der Waals surface area contributed by atoms with Crippen LogP contribution in [-0.2, 0) is 4.74 Å². The minimum absolute atomic E-state index is 0.0265. The van der Waals surface area contributed by atoms with E-state index in [2.05, 4.69) is 68.6 Å². The zero-order chi connectivity index (χ0) is 21.3. The number of thiophene rings is 1. The Morgan fingerprint density at radius 3 is 2.80 bits per heavy atom. The number of ether oxygens (including phenoxy) is 1. The Bertz CT molecular complexity index is 995. The van der Waals surface area contributed by atoms with E-state index in [0.717, 1.165) is 48.7 Å². The molecule has 1 atom stereocenters. The fourth-order valence-electron chi connectivity index (χ4n) is 3.70. The van der Waals surface area contributed by atoms with Crippen LogP contribution in [0.1, 0.15) is 60.1 Å². The van der Waals surface area contributed by atoms with Crippen molar-refractivity contribution < 1.29 is 4.74 Å². The van der Waals surface area contributed by atoms with Gasteiger partial charge < -0.3 is 15.4 Å². The average Bonchev–Trinajstić information content (AvgIpc) is 3.32. The van der Waals surface area contributed by atoms with Crippen molar-refractivity contribution in [3.8, 4) is 10.6 Å². The van der Waals surface area contributed by atoms with Gasteiger partial charge in [0.05, 0.1) is 26.5 Å². The van der Waals surface area contributed by atoms with E-state index in [0.29, 0.717) is 5.92 Å². The molecule has 1 aliphatic heterocycles. The van der Waals surface area contributed by atoms with Gasteiger partial charge in [0.25, 0.3) is 0 Å². The fraction of sp³-hybridized carbons (Fsp3) is 0.565. The third-order valence-corrected chi connectivity index (χ3v) is 6.21. The van der Waals surface area contributed by atoms with Gasteiger partial charge in [0, 0.05) is 31.0 Å². The number of anilines is 2. The molecule has 0 spiro atoms. The highest BCUT2D eigenvalue weighted by atomic mass is 32.1. The molecule has 0 radical (unpaired) electrons. The molecular weight excluding hydrogens is 394 g/mol. The van der Waals surface area contributed by atoms with Gasteiger partial charge in [0.15, 0.2) is 6.23 Å². The van der Waals surface area contributed by atoms with E-state index in [1.165, 1.54) is 16.0 Å². The van der Waals surface area contributed by atoms with Gasteiger partial charge in [-0.3, -0.25) is 0 Å². The second kappa shape index (κ2) is 8.55. The van der Waals surface area contributed by atoms with E-state index in [9.17, 15) is 0 Å². The minimum atomic E-state index is -0.0498. The van der Waals surface area contributed by atoms with Gasteiger partial charge in [-0.2, -0.15) is 5.10 Å². The normalized spacial score (nSPS) is 17.6. The summed E-state index contributed by atoms with van der Waals surface area (Å²) in [5.41, 5.74) is 3.20. The van der Waals surface area contributed by atoms with Crippen molar-refractivity contribution in [2.75, 3.05) is 23.8 Å². The number of nitrogens with one attached hydrogen (secondary N) is 2. The largest absolute Gasteiger partial charge is 0.383 e. The highest BCUT2D eigenvalue weighted by Gasteiger charge is 2.22. The lowest BCUT2D eigenvalue weighted by molar-refractivity contribution is -0.0383. The summed E-state index contributed by atoms with van der Waals surface area (Å²) in [6, 6.07) is 6.40. The van der Waals surface area contributed by atoms with Crippen molar-refractivity contribution in [2.24, 2.45) is 5.92 Å². The van der Waals surface area contributed by atoms with E-state index in [1.807, 2.05) is 10.9 Å². The molecule has 0 aliphatic carbocycles. The van der Waals surface area contributed by atoms with Crippen LogP contribution in [-0.4, -0.2) is 33.5 Å². The molecule has 162 valence electrons. The van der Waals surface area contributed by atoms with Crippen molar-refractivity contribution in [1.82, 2.24) is 14.8 Å². The van der Waals surface area contributed by atoms with E-state index in [1.54, 1.807) is 11.3 Å². The molecule has 1 fully saturated rings. The molecular formula is C23H33N5OS. The smallest absolute Gasteiger partial charge is 0.150 e. The van der Waals surface area contributed by atoms with Gasteiger partial charge in [0.1, 0.15) is 5.82 Å². The first-order valence-corrected chi connectivity index (χ1v) is 11.7. The molecule has 30 heavy (non-hydrogen) atoms. The Labute approximate surface area is 183 Å². The van der Waals surface area contributed by atoms with Crippen molar-refractivity contribution in [1.29, 1.82) is 0 Å². The molecule has 0 aromatic carbocycles. The van der Waals surface area contributed by atoms with Gasteiger partial charge in [-0.25, -0.2) is 9.67 Å². The molecule has 6 nitrogen and oxygen atoms in total. The quantitative estimate of drug-likeness (QED) is 0.495. The lowest BCUT2D eigenvalue weighted by Crippen LogP contribution is -2.26. The Kier molecular flexibility index (Phi) is 6.02. The predicted molar refractivity (Wildman–Crippen MR) is 126 cm³/mol. The molecule has 0 amide bonds. The number of hydrogen-bond acceptors (Lipinski definition) is 6. The summed E-state index contributed by atoms with van der Waals surface area (Å²) >= 11 is 1.77. The number of hydrogen-bond donors (Lipinski definition) is 2. The molecule has 4 rings (SSSR count). The van der Waals surface area contributed by atoms with E-state index < -0.39 is 0 Å². The summed E-state index contributed by atoms with van der Waals surface area (Å²) in [5.74, 6) is 1.46. The van der Waals surface area contributed by atoms with Crippen LogP contribution in [0.3, 0.4) is 0 Å². The lowest BCUT2D eigenvalue weighted by Gasteiger charge is -2.24. The van der Waals surface area contributed by atoms with Gasteiger partial charge in [-0.15, -0.1) is 11.3 Å². The molecule has 7 heteroatoms. The Balaban J connectivity index is 1.74. The summed E-state index contributed by atoms with van der Waals surface area (Å²) in [4.78, 5) is 6.09. The zero-order valence-corrected chi connectivity index (χ0v) is 19.5. The molecule has 0 bridgehead atoms.